The van der Waals surface area contributed by atoms with Crippen LogP contribution < -0.4 is 5.73 Å². The van der Waals surface area contributed by atoms with Crippen molar-refractivity contribution in [3.63, 3.8) is 0 Å². The van der Waals surface area contributed by atoms with Gasteiger partial charge in [-0.1, -0.05) is 36.7 Å². The number of nitrogens with zero attached hydrogens (tertiary/aromatic N) is 2. The van der Waals surface area contributed by atoms with E-state index in [1.807, 2.05) is 41.2 Å². The summed E-state index contributed by atoms with van der Waals surface area (Å²) in [7, 11) is 0. The van der Waals surface area contributed by atoms with E-state index in [4.69, 9.17) is 17.3 Å². The zero-order chi connectivity index (χ0) is 13.8. The lowest BCUT2D eigenvalue weighted by atomic mass is 10.0. The van der Waals surface area contributed by atoms with Gasteiger partial charge in [-0.05, 0) is 31.0 Å². The maximum atomic E-state index is 6.21. The van der Waals surface area contributed by atoms with Crippen LogP contribution in [0, 0.1) is 0 Å². The van der Waals surface area contributed by atoms with Crippen LogP contribution in [-0.4, -0.2) is 9.78 Å². The van der Waals surface area contributed by atoms with Crippen LogP contribution in [0.4, 0.5) is 0 Å². The quantitative estimate of drug-likeness (QED) is 0.904. The second kappa shape index (κ2) is 6.22. The summed E-state index contributed by atoms with van der Waals surface area (Å²) in [5.41, 5.74) is 8.19. The number of halogens is 1. The van der Waals surface area contributed by atoms with Crippen LogP contribution in [0.15, 0.2) is 36.5 Å². The minimum atomic E-state index is -0.117. The van der Waals surface area contributed by atoms with Crippen molar-refractivity contribution >= 4 is 11.6 Å². The van der Waals surface area contributed by atoms with Gasteiger partial charge in [-0.3, -0.25) is 4.68 Å². The molecule has 0 aliphatic carbocycles. The minimum Gasteiger partial charge on any atom is -0.324 e. The standard InChI is InChI=1S/C15H20ClN3/c1-3-11(2)19-9-8-12(18-19)10-15(17)13-6-4-5-7-14(13)16/h4-9,11,15H,3,10,17H2,1-2H3. The lowest BCUT2D eigenvalue weighted by molar-refractivity contribution is 0.472. The molecule has 2 rings (SSSR count). The van der Waals surface area contributed by atoms with Gasteiger partial charge in [0.1, 0.15) is 0 Å². The molecule has 4 heteroatoms. The number of aromatic nitrogens is 2. The summed E-state index contributed by atoms with van der Waals surface area (Å²) < 4.78 is 1.99. The summed E-state index contributed by atoms with van der Waals surface area (Å²) in [5.74, 6) is 0. The summed E-state index contributed by atoms with van der Waals surface area (Å²) in [5, 5.41) is 5.29. The van der Waals surface area contributed by atoms with E-state index in [0.29, 0.717) is 12.5 Å². The summed E-state index contributed by atoms with van der Waals surface area (Å²) >= 11 is 6.16. The molecule has 0 bridgehead atoms. The van der Waals surface area contributed by atoms with E-state index in [0.717, 1.165) is 22.7 Å². The highest BCUT2D eigenvalue weighted by atomic mass is 35.5. The van der Waals surface area contributed by atoms with Crippen molar-refractivity contribution in [2.75, 3.05) is 0 Å². The van der Waals surface area contributed by atoms with Crippen LogP contribution in [0.5, 0.6) is 0 Å². The fourth-order valence-electron chi connectivity index (χ4n) is 2.03. The second-order valence-electron chi connectivity index (χ2n) is 4.88. The Morgan fingerprint density at radius 2 is 2.05 bits per heavy atom. The molecule has 0 radical (unpaired) electrons. The van der Waals surface area contributed by atoms with Gasteiger partial charge in [-0.25, -0.2) is 0 Å². The Kier molecular flexibility index (Phi) is 4.61. The minimum absolute atomic E-state index is 0.117. The molecule has 0 saturated carbocycles. The van der Waals surface area contributed by atoms with Gasteiger partial charge in [0, 0.05) is 29.7 Å². The van der Waals surface area contributed by atoms with Crippen LogP contribution in [-0.2, 0) is 6.42 Å². The first-order valence-corrected chi connectivity index (χ1v) is 7.03. The molecule has 2 N–H and O–H groups in total. The highest BCUT2D eigenvalue weighted by Crippen LogP contribution is 2.23. The molecular formula is C15H20ClN3. The highest BCUT2D eigenvalue weighted by molar-refractivity contribution is 6.31. The lowest BCUT2D eigenvalue weighted by Gasteiger charge is -2.12. The van der Waals surface area contributed by atoms with E-state index >= 15 is 0 Å². The fraction of sp³-hybridized carbons (Fsp3) is 0.400. The average Bonchev–Trinajstić information content (AvgIpc) is 2.86. The maximum Gasteiger partial charge on any atom is 0.0643 e. The molecular weight excluding hydrogens is 258 g/mol. The molecule has 1 aromatic heterocycles. The summed E-state index contributed by atoms with van der Waals surface area (Å²) in [6, 6.07) is 10.0. The maximum absolute atomic E-state index is 6.21. The van der Waals surface area contributed by atoms with Crippen molar-refractivity contribution < 1.29 is 0 Å². The van der Waals surface area contributed by atoms with Crippen LogP contribution in [0.1, 0.15) is 43.6 Å². The summed E-state index contributed by atoms with van der Waals surface area (Å²) in [6.07, 6.45) is 3.79. The Bertz CT molecular complexity index is 536. The number of benzene rings is 1. The normalized spacial score (nSPS) is 14.3. The second-order valence-corrected chi connectivity index (χ2v) is 5.28. The smallest absolute Gasteiger partial charge is 0.0643 e. The van der Waals surface area contributed by atoms with Crippen molar-refractivity contribution in [1.82, 2.24) is 9.78 Å². The van der Waals surface area contributed by atoms with Gasteiger partial charge in [0.2, 0.25) is 0 Å². The first-order valence-electron chi connectivity index (χ1n) is 6.65. The third kappa shape index (κ3) is 3.37. The van der Waals surface area contributed by atoms with Crippen molar-refractivity contribution in [3.05, 3.63) is 52.8 Å². The van der Waals surface area contributed by atoms with Gasteiger partial charge in [0.15, 0.2) is 0 Å². The zero-order valence-corrected chi connectivity index (χ0v) is 12.1. The van der Waals surface area contributed by atoms with Crippen LogP contribution in [0.2, 0.25) is 5.02 Å². The Hall–Kier alpha value is -1.32. The first-order chi connectivity index (χ1) is 9.11. The third-order valence-electron chi connectivity index (χ3n) is 3.44. The molecule has 2 unspecified atom stereocenters. The van der Waals surface area contributed by atoms with Crippen molar-refractivity contribution in [2.24, 2.45) is 5.73 Å². The molecule has 0 aliphatic rings. The van der Waals surface area contributed by atoms with Gasteiger partial charge >= 0.3 is 0 Å². The van der Waals surface area contributed by atoms with Crippen molar-refractivity contribution in [3.8, 4) is 0 Å². The molecule has 102 valence electrons. The zero-order valence-electron chi connectivity index (χ0n) is 11.4. The SMILES string of the molecule is CCC(C)n1ccc(CC(N)c2ccccc2Cl)n1. The van der Waals surface area contributed by atoms with Crippen molar-refractivity contribution in [2.45, 2.75) is 38.8 Å². The van der Waals surface area contributed by atoms with E-state index in [-0.39, 0.29) is 6.04 Å². The molecule has 2 atom stereocenters. The molecule has 3 nitrogen and oxygen atoms in total. The van der Waals surface area contributed by atoms with Gasteiger partial charge in [-0.15, -0.1) is 0 Å². The Morgan fingerprint density at radius 1 is 1.32 bits per heavy atom. The Morgan fingerprint density at radius 3 is 2.74 bits per heavy atom. The van der Waals surface area contributed by atoms with E-state index in [1.54, 1.807) is 0 Å². The average molecular weight is 278 g/mol. The molecule has 0 spiro atoms. The molecule has 19 heavy (non-hydrogen) atoms. The fourth-order valence-corrected chi connectivity index (χ4v) is 2.31. The largest absolute Gasteiger partial charge is 0.324 e. The number of hydrogen-bond acceptors (Lipinski definition) is 2. The molecule has 0 saturated heterocycles. The number of rotatable bonds is 5. The predicted octanol–water partition coefficient (Wildman–Crippen LogP) is 3.75. The summed E-state index contributed by atoms with van der Waals surface area (Å²) in [6.45, 7) is 4.31. The Balaban J connectivity index is 2.09. The third-order valence-corrected chi connectivity index (χ3v) is 3.78. The van der Waals surface area contributed by atoms with Gasteiger partial charge in [-0.2, -0.15) is 5.10 Å². The van der Waals surface area contributed by atoms with Crippen molar-refractivity contribution in [1.29, 1.82) is 0 Å². The number of nitrogens with two attached hydrogens (primary N) is 1. The van der Waals surface area contributed by atoms with Gasteiger partial charge in [0.25, 0.3) is 0 Å². The molecule has 0 fully saturated rings. The predicted molar refractivity (Wildman–Crippen MR) is 79.3 cm³/mol. The highest BCUT2D eigenvalue weighted by Gasteiger charge is 2.13. The van der Waals surface area contributed by atoms with E-state index < -0.39 is 0 Å². The molecule has 1 aromatic carbocycles. The number of hydrogen-bond donors (Lipinski definition) is 1. The molecule has 0 amide bonds. The van der Waals surface area contributed by atoms with Gasteiger partial charge < -0.3 is 5.73 Å². The molecule has 0 aliphatic heterocycles. The van der Waals surface area contributed by atoms with Crippen LogP contribution >= 0.6 is 11.6 Å². The molecule has 2 aromatic rings. The monoisotopic (exact) mass is 277 g/mol. The Labute approximate surface area is 119 Å². The summed E-state index contributed by atoms with van der Waals surface area (Å²) in [4.78, 5) is 0. The molecule has 1 heterocycles. The van der Waals surface area contributed by atoms with Crippen LogP contribution in [0.25, 0.3) is 0 Å². The van der Waals surface area contributed by atoms with E-state index in [9.17, 15) is 0 Å². The topological polar surface area (TPSA) is 43.8 Å². The van der Waals surface area contributed by atoms with E-state index in [2.05, 4.69) is 18.9 Å². The van der Waals surface area contributed by atoms with Crippen LogP contribution in [0.3, 0.4) is 0 Å². The lowest BCUT2D eigenvalue weighted by Crippen LogP contribution is -2.14. The van der Waals surface area contributed by atoms with Gasteiger partial charge in [0.05, 0.1) is 5.69 Å². The first kappa shape index (κ1) is 14.1. The van der Waals surface area contributed by atoms with E-state index in [1.165, 1.54) is 0 Å².